The summed E-state index contributed by atoms with van der Waals surface area (Å²) in [5.74, 6) is -0.739. The number of nitrogens with zero attached hydrogens (tertiary/aromatic N) is 2. The second kappa shape index (κ2) is 8.14. The fraction of sp³-hybridized carbons (Fsp3) is 0.217. The van der Waals surface area contributed by atoms with Gasteiger partial charge in [-0.1, -0.05) is 30.3 Å². The van der Waals surface area contributed by atoms with Gasteiger partial charge in [0.15, 0.2) is 0 Å². The Balaban J connectivity index is 1.68. The maximum Gasteiger partial charge on any atom is 0.416 e. The standard InChI is InChI=1S/C23H19F4N3O2/c1-2-11-30-18-13-29(12-14-3-9-17(24)10-4-14)21(31)19(18)20(28-22(30)32)15-5-7-16(8-6-15)23(25,26)27/h2-10,20H,1,11-13H2,(H,28,32)/t20-/m0/s1. The minimum atomic E-state index is -4.49. The van der Waals surface area contributed by atoms with Crippen molar-refractivity contribution < 1.29 is 27.2 Å². The van der Waals surface area contributed by atoms with E-state index in [2.05, 4.69) is 11.9 Å². The van der Waals surface area contributed by atoms with Gasteiger partial charge in [0, 0.05) is 13.1 Å². The zero-order valence-electron chi connectivity index (χ0n) is 16.8. The van der Waals surface area contributed by atoms with Gasteiger partial charge in [0.1, 0.15) is 5.82 Å². The number of rotatable bonds is 5. The largest absolute Gasteiger partial charge is 0.416 e. The summed E-state index contributed by atoms with van der Waals surface area (Å²) in [5.41, 5.74) is 1.04. The summed E-state index contributed by atoms with van der Waals surface area (Å²) in [7, 11) is 0. The normalized spacial score (nSPS) is 18.7. The van der Waals surface area contributed by atoms with Crippen LogP contribution in [0.4, 0.5) is 22.4 Å². The number of carbonyl (C=O) groups excluding carboxylic acids is 2. The second-order valence-electron chi connectivity index (χ2n) is 7.55. The smallest absolute Gasteiger partial charge is 0.329 e. The third-order valence-corrected chi connectivity index (χ3v) is 5.47. The molecular weight excluding hydrogens is 426 g/mol. The SMILES string of the molecule is C=CCN1C(=O)N[C@@H](c2ccc(C(F)(F)F)cc2)C2=C1CN(Cc1ccc(F)cc1)C2=O. The van der Waals surface area contributed by atoms with Crippen LogP contribution in [0, 0.1) is 5.82 Å². The molecule has 0 unspecified atom stereocenters. The van der Waals surface area contributed by atoms with Crippen LogP contribution in [0.2, 0.25) is 0 Å². The van der Waals surface area contributed by atoms with Crippen molar-refractivity contribution in [2.45, 2.75) is 18.8 Å². The molecule has 1 atom stereocenters. The molecule has 5 nitrogen and oxygen atoms in total. The van der Waals surface area contributed by atoms with Crippen LogP contribution in [0.5, 0.6) is 0 Å². The van der Waals surface area contributed by atoms with Crippen molar-refractivity contribution in [1.29, 1.82) is 0 Å². The van der Waals surface area contributed by atoms with E-state index in [0.29, 0.717) is 22.4 Å². The third-order valence-electron chi connectivity index (χ3n) is 5.47. The van der Waals surface area contributed by atoms with Gasteiger partial charge in [-0.15, -0.1) is 6.58 Å². The topological polar surface area (TPSA) is 52.7 Å². The summed E-state index contributed by atoms with van der Waals surface area (Å²) in [6, 6.07) is 8.75. The number of urea groups is 1. The molecule has 0 radical (unpaired) electrons. The number of amides is 3. The minimum Gasteiger partial charge on any atom is -0.329 e. The molecule has 0 aliphatic carbocycles. The van der Waals surface area contributed by atoms with Gasteiger partial charge in [-0.3, -0.25) is 9.69 Å². The highest BCUT2D eigenvalue weighted by molar-refractivity contribution is 6.01. The molecule has 32 heavy (non-hydrogen) atoms. The molecule has 2 aliphatic rings. The first-order chi connectivity index (χ1) is 15.2. The zero-order chi connectivity index (χ0) is 23.0. The van der Waals surface area contributed by atoms with Crippen molar-refractivity contribution in [3.05, 3.63) is 95.0 Å². The van der Waals surface area contributed by atoms with E-state index in [0.717, 1.165) is 12.1 Å². The number of hydrogen-bond acceptors (Lipinski definition) is 2. The number of halogens is 4. The van der Waals surface area contributed by atoms with Crippen molar-refractivity contribution in [3.63, 3.8) is 0 Å². The lowest BCUT2D eigenvalue weighted by Gasteiger charge is -2.33. The molecule has 2 aliphatic heterocycles. The Hall–Kier alpha value is -3.62. The molecule has 9 heteroatoms. The van der Waals surface area contributed by atoms with Crippen LogP contribution >= 0.6 is 0 Å². The van der Waals surface area contributed by atoms with Gasteiger partial charge >= 0.3 is 12.2 Å². The molecule has 2 heterocycles. The van der Waals surface area contributed by atoms with E-state index in [1.807, 2.05) is 0 Å². The number of nitrogens with one attached hydrogen (secondary N) is 1. The van der Waals surface area contributed by atoms with E-state index in [-0.39, 0.29) is 25.5 Å². The maximum atomic E-state index is 13.3. The average molecular weight is 445 g/mol. The molecule has 1 N–H and O–H groups in total. The van der Waals surface area contributed by atoms with Crippen molar-refractivity contribution in [2.75, 3.05) is 13.1 Å². The second-order valence-corrected chi connectivity index (χ2v) is 7.55. The number of carbonyl (C=O) groups is 2. The first kappa shape index (κ1) is 21.6. The summed E-state index contributed by atoms with van der Waals surface area (Å²) < 4.78 is 52.0. The minimum absolute atomic E-state index is 0.143. The Morgan fingerprint density at radius 3 is 2.31 bits per heavy atom. The van der Waals surface area contributed by atoms with E-state index in [9.17, 15) is 27.2 Å². The van der Waals surface area contributed by atoms with Crippen LogP contribution in [-0.4, -0.2) is 34.8 Å². The van der Waals surface area contributed by atoms with Crippen molar-refractivity contribution >= 4 is 11.9 Å². The van der Waals surface area contributed by atoms with Crippen molar-refractivity contribution in [3.8, 4) is 0 Å². The van der Waals surface area contributed by atoms with Crippen LogP contribution in [0.1, 0.15) is 22.7 Å². The van der Waals surface area contributed by atoms with Crippen LogP contribution < -0.4 is 5.32 Å². The predicted octanol–water partition coefficient (Wildman–Crippen LogP) is 4.39. The first-order valence-corrected chi connectivity index (χ1v) is 9.82. The van der Waals surface area contributed by atoms with Crippen molar-refractivity contribution in [1.82, 2.24) is 15.1 Å². The molecule has 0 saturated carbocycles. The lowest BCUT2D eigenvalue weighted by Crippen LogP contribution is -2.47. The summed E-state index contributed by atoms with van der Waals surface area (Å²) in [4.78, 5) is 28.9. The highest BCUT2D eigenvalue weighted by Gasteiger charge is 2.43. The van der Waals surface area contributed by atoms with Crippen LogP contribution in [0.3, 0.4) is 0 Å². The van der Waals surface area contributed by atoms with Gasteiger partial charge in [0.05, 0.1) is 29.4 Å². The lowest BCUT2D eigenvalue weighted by molar-refractivity contribution is -0.137. The fourth-order valence-corrected chi connectivity index (χ4v) is 3.92. The number of benzene rings is 2. The Kier molecular flexibility index (Phi) is 5.50. The molecular formula is C23H19F4N3O2. The third kappa shape index (κ3) is 3.98. The molecule has 0 spiro atoms. The van der Waals surface area contributed by atoms with E-state index >= 15 is 0 Å². The quantitative estimate of drug-likeness (QED) is 0.548. The maximum absolute atomic E-state index is 13.3. The summed E-state index contributed by atoms with van der Waals surface area (Å²) >= 11 is 0. The zero-order valence-corrected chi connectivity index (χ0v) is 16.8. The molecule has 2 aromatic rings. The van der Waals surface area contributed by atoms with Crippen LogP contribution in [0.25, 0.3) is 0 Å². The monoisotopic (exact) mass is 445 g/mol. The van der Waals surface area contributed by atoms with E-state index in [1.165, 1.54) is 40.1 Å². The molecule has 0 aromatic heterocycles. The summed E-state index contributed by atoms with van der Waals surface area (Å²) in [6.07, 6.45) is -2.97. The van der Waals surface area contributed by atoms with E-state index in [1.54, 1.807) is 12.1 Å². The van der Waals surface area contributed by atoms with Gasteiger partial charge in [-0.05, 0) is 35.4 Å². The molecule has 0 fully saturated rings. The average Bonchev–Trinajstić information content (AvgIpc) is 3.07. The molecule has 0 bridgehead atoms. The highest BCUT2D eigenvalue weighted by Crippen LogP contribution is 2.38. The van der Waals surface area contributed by atoms with Crippen molar-refractivity contribution in [2.24, 2.45) is 0 Å². The fourth-order valence-electron chi connectivity index (χ4n) is 3.92. The Morgan fingerprint density at radius 2 is 1.72 bits per heavy atom. The van der Waals surface area contributed by atoms with Crippen LogP contribution in [-0.2, 0) is 17.5 Å². The van der Waals surface area contributed by atoms with E-state index in [4.69, 9.17) is 0 Å². The molecule has 0 saturated heterocycles. The Labute approximate surface area is 181 Å². The Morgan fingerprint density at radius 1 is 1.06 bits per heavy atom. The summed E-state index contributed by atoms with van der Waals surface area (Å²) in [6.45, 7) is 4.15. The van der Waals surface area contributed by atoms with E-state index < -0.39 is 29.6 Å². The van der Waals surface area contributed by atoms with Gasteiger partial charge in [0.2, 0.25) is 0 Å². The lowest BCUT2D eigenvalue weighted by atomic mass is 9.94. The van der Waals surface area contributed by atoms with Gasteiger partial charge < -0.3 is 10.2 Å². The number of hydrogen-bond donors (Lipinski definition) is 1. The van der Waals surface area contributed by atoms with Gasteiger partial charge in [-0.25, -0.2) is 9.18 Å². The molecule has 2 aromatic carbocycles. The summed E-state index contributed by atoms with van der Waals surface area (Å²) in [5, 5.41) is 2.72. The molecule has 4 rings (SSSR count). The Bertz CT molecular complexity index is 1090. The van der Waals surface area contributed by atoms with Gasteiger partial charge in [-0.2, -0.15) is 13.2 Å². The van der Waals surface area contributed by atoms with Crippen LogP contribution in [0.15, 0.2) is 72.5 Å². The first-order valence-electron chi connectivity index (χ1n) is 9.82. The number of alkyl halides is 3. The predicted molar refractivity (Wildman–Crippen MR) is 108 cm³/mol. The molecule has 166 valence electrons. The van der Waals surface area contributed by atoms with Gasteiger partial charge in [0.25, 0.3) is 5.91 Å². The molecule has 3 amide bonds. The highest BCUT2D eigenvalue weighted by atomic mass is 19.4.